The van der Waals surface area contributed by atoms with Crippen molar-refractivity contribution in [2.24, 2.45) is 4.40 Å². The molecule has 2 aromatic carbocycles. The maximum Gasteiger partial charge on any atom is 0.284 e. The highest BCUT2D eigenvalue weighted by Crippen LogP contribution is 2.21. The van der Waals surface area contributed by atoms with Crippen LogP contribution in [0.1, 0.15) is 35.7 Å². The Morgan fingerprint density at radius 3 is 2.62 bits per heavy atom. The minimum absolute atomic E-state index is 0.0649. The van der Waals surface area contributed by atoms with Crippen molar-refractivity contribution >= 4 is 39.2 Å². The smallest absolute Gasteiger partial charge is 0.284 e. The number of carbonyl (C=O) groups is 1. The van der Waals surface area contributed by atoms with Crippen LogP contribution in [-0.2, 0) is 15.8 Å². The molecule has 0 aromatic heterocycles. The highest BCUT2D eigenvalue weighted by Gasteiger charge is 2.20. The van der Waals surface area contributed by atoms with E-state index < -0.39 is 10.0 Å². The maximum absolute atomic E-state index is 12.6. The van der Waals surface area contributed by atoms with Crippen LogP contribution in [0.25, 0.3) is 0 Å². The largest absolute Gasteiger partial charge is 0.362 e. The number of hydrogen-bond acceptors (Lipinski definition) is 4. The molecule has 154 valence electrons. The summed E-state index contributed by atoms with van der Waals surface area (Å²) in [5.74, 6) is 2.25. The number of amides is 1. The Hall–Kier alpha value is -2.32. The van der Waals surface area contributed by atoms with Crippen LogP contribution < -0.4 is 5.32 Å². The minimum Gasteiger partial charge on any atom is -0.362 e. The quantitative estimate of drug-likeness (QED) is 0.717. The van der Waals surface area contributed by atoms with E-state index in [0.717, 1.165) is 30.0 Å². The normalized spacial score (nSPS) is 15.7. The summed E-state index contributed by atoms with van der Waals surface area (Å²) < 4.78 is 29.2. The van der Waals surface area contributed by atoms with Gasteiger partial charge in [0.25, 0.3) is 15.9 Å². The molecule has 0 radical (unpaired) electrons. The third kappa shape index (κ3) is 5.61. The number of hydrogen-bond donors (Lipinski definition) is 1. The second-order valence-corrected chi connectivity index (χ2v) is 9.70. The van der Waals surface area contributed by atoms with Crippen LogP contribution in [0, 0.1) is 0 Å². The average Bonchev–Trinajstić information content (AvgIpc) is 3.11. The first-order valence-corrected chi connectivity index (χ1v) is 12.1. The molecule has 0 aliphatic carbocycles. The number of amidine groups is 1. The highest BCUT2D eigenvalue weighted by molar-refractivity contribution is 7.98. The van der Waals surface area contributed by atoms with E-state index in [1.807, 2.05) is 35.8 Å². The zero-order valence-corrected chi connectivity index (χ0v) is 18.2. The number of nitrogens with one attached hydrogen (secondary N) is 1. The van der Waals surface area contributed by atoms with Crippen LogP contribution in [0.3, 0.4) is 0 Å². The first kappa shape index (κ1) is 21.4. The van der Waals surface area contributed by atoms with E-state index in [-0.39, 0.29) is 10.8 Å². The van der Waals surface area contributed by atoms with Gasteiger partial charge < -0.3 is 10.2 Å². The summed E-state index contributed by atoms with van der Waals surface area (Å²) >= 11 is 1.82. The van der Waals surface area contributed by atoms with Gasteiger partial charge >= 0.3 is 0 Å². The lowest BCUT2D eigenvalue weighted by atomic mass is 10.1. The zero-order chi connectivity index (χ0) is 20.9. The second kappa shape index (κ2) is 9.45. The number of anilines is 1. The fourth-order valence-electron chi connectivity index (χ4n) is 3.01. The van der Waals surface area contributed by atoms with E-state index in [1.54, 1.807) is 24.3 Å². The molecule has 29 heavy (non-hydrogen) atoms. The van der Waals surface area contributed by atoms with E-state index in [2.05, 4.69) is 16.6 Å². The molecule has 1 amide bonds. The number of likely N-dealkylation sites (tertiary alicyclic amines) is 1. The molecular formula is C21H25N3O3S2. The van der Waals surface area contributed by atoms with Gasteiger partial charge in [0, 0.05) is 37.0 Å². The number of sulfonamides is 1. The van der Waals surface area contributed by atoms with Gasteiger partial charge in [-0.2, -0.15) is 20.2 Å². The highest BCUT2D eigenvalue weighted by atomic mass is 32.2. The molecule has 6 nitrogen and oxygen atoms in total. The van der Waals surface area contributed by atoms with Gasteiger partial charge in [0.2, 0.25) is 0 Å². The molecule has 2 aromatic rings. The van der Waals surface area contributed by atoms with Crippen molar-refractivity contribution in [2.75, 3.05) is 24.7 Å². The topological polar surface area (TPSA) is 78.8 Å². The lowest BCUT2D eigenvalue weighted by molar-refractivity contribution is 0.102. The standard InChI is InChI=1S/C21H25N3O3S2/c1-3-28-15-16-9-11-17(12-10-16)21(25)22-18-6-4-7-19(14-18)29(26,27)23-20-8-5-13-24(20)2/h4,6-7,9-12,14H,3,5,8,13,15H2,1-2H3,(H,22,25). The van der Waals surface area contributed by atoms with Gasteiger partial charge in [-0.05, 0) is 48.1 Å². The molecular weight excluding hydrogens is 406 g/mol. The molecule has 1 saturated heterocycles. The number of nitrogens with zero attached hydrogens (tertiary/aromatic N) is 2. The van der Waals surface area contributed by atoms with E-state index in [4.69, 9.17) is 0 Å². The first-order chi connectivity index (χ1) is 13.9. The molecule has 0 saturated carbocycles. The summed E-state index contributed by atoms with van der Waals surface area (Å²) in [5.41, 5.74) is 2.11. The van der Waals surface area contributed by atoms with Crippen molar-refractivity contribution in [1.82, 2.24) is 4.90 Å². The zero-order valence-electron chi connectivity index (χ0n) is 16.6. The second-order valence-electron chi connectivity index (χ2n) is 6.82. The van der Waals surface area contributed by atoms with Crippen LogP contribution in [0.4, 0.5) is 5.69 Å². The average molecular weight is 432 g/mol. The maximum atomic E-state index is 12.6. The Bertz CT molecular complexity index is 1000. The molecule has 0 unspecified atom stereocenters. The van der Waals surface area contributed by atoms with Crippen LogP contribution in [0.5, 0.6) is 0 Å². The Kier molecular flexibility index (Phi) is 6.97. The molecule has 1 heterocycles. The van der Waals surface area contributed by atoms with E-state index in [0.29, 0.717) is 23.5 Å². The number of carbonyl (C=O) groups excluding carboxylic acids is 1. The van der Waals surface area contributed by atoms with Crippen molar-refractivity contribution in [3.8, 4) is 0 Å². The number of benzene rings is 2. The lowest BCUT2D eigenvalue weighted by Crippen LogP contribution is -2.20. The van der Waals surface area contributed by atoms with Crippen molar-refractivity contribution < 1.29 is 13.2 Å². The molecule has 8 heteroatoms. The van der Waals surface area contributed by atoms with Crippen molar-refractivity contribution in [3.05, 3.63) is 59.7 Å². The summed E-state index contributed by atoms with van der Waals surface area (Å²) in [6.07, 6.45) is 1.55. The summed E-state index contributed by atoms with van der Waals surface area (Å²) in [6, 6.07) is 13.6. The molecule has 0 atom stereocenters. The van der Waals surface area contributed by atoms with Gasteiger partial charge in [-0.15, -0.1) is 4.40 Å². The predicted molar refractivity (Wildman–Crippen MR) is 119 cm³/mol. The predicted octanol–water partition coefficient (Wildman–Crippen LogP) is 4.00. The summed E-state index contributed by atoms with van der Waals surface area (Å²) in [5, 5.41) is 2.77. The van der Waals surface area contributed by atoms with Gasteiger partial charge in [-0.1, -0.05) is 25.1 Å². The van der Waals surface area contributed by atoms with E-state index in [1.165, 1.54) is 12.1 Å². The number of rotatable bonds is 7. The molecule has 3 rings (SSSR count). The van der Waals surface area contributed by atoms with Crippen molar-refractivity contribution in [2.45, 2.75) is 30.4 Å². The van der Waals surface area contributed by atoms with Gasteiger partial charge in [-0.3, -0.25) is 4.79 Å². The van der Waals surface area contributed by atoms with Gasteiger partial charge in [-0.25, -0.2) is 0 Å². The van der Waals surface area contributed by atoms with Crippen LogP contribution in [0.15, 0.2) is 57.8 Å². The Labute approximate surface area is 176 Å². The molecule has 1 aliphatic rings. The van der Waals surface area contributed by atoms with Gasteiger partial charge in [0.1, 0.15) is 5.84 Å². The Balaban J connectivity index is 1.73. The Morgan fingerprint density at radius 1 is 1.21 bits per heavy atom. The molecule has 1 fully saturated rings. The third-order valence-electron chi connectivity index (χ3n) is 4.64. The molecule has 0 bridgehead atoms. The van der Waals surface area contributed by atoms with Crippen LogP contribution in [0.2, 0.25) is 0 Å². The van der Waals surface area contributed by atoms with Crippen LogP contribution >= 0.6 is 11.8 Å². The SMILES string of the molecule is CCSCc1ccc(C(=O)Nc2cccc(S(=O)(=O)N=C3CCCN3C)c2)cc1. The summed E-state index contributed by atoms with van der Waals surface area (Å²) in [7, 11) is -1.98. The molecule has 1 N–H and O–H groups in total. The fourth-order valence-corrected chi connectivity index (χ4v) is 4.78. The minimum atomic E-state index is -3.82. The monoisotopic (exact) mass is 431 g/mol. The number of thioether (sulfide) groups is 1. The van der Waals surface area contributed by atoms with Crippen molar-refractivity contribution in [1.29, 1.82) is 0 Å². The van der Waals surface area contributed by atoms with Gasteiger partial charge in [0.05, 0.1) is 4.90 Å². The van der Waals surface area contributed by atoms with Crippen molar-refractivity contribution in [3.63, 3.8) is 0 Å². The van der Waals surface area contributed by atoms with Crippen LogP contribution in [-0.4, -0.2) is 44.4 Å². The fraction of sp³-hybridized carbons (Fsp3) is 0.333. The summed E-state index contributed by atoms with van der Waals surface area (Å²) in [6.45, 7) is 2.92. The molecule has 0 spiro atoms. The van der Waals surface area contributed by atoms with E-state index >= 15 is 0 Å². The third-order valence-corrected chi connectivity index (χ3v) is 6.89. The Morgan fingerprint density at radius 2 is 1.97 bits per heavy atom. The van der Waals surface area contributed by atoms with Gasteiger partial charge in [0.15, 0.2) is 0 Å². The van der Waals surface area contributed by atoms with E-state index in [9.17, 15) is 13.2 Å². The first-order valence-electron chi connectivity index (χ1n) is 9.52. The lowest BCUT2D eigenvalue weighted by Gasteiger charge is -2.11. The molecule has 1 aliphatic heterocycles. The summed E-state index contributed by atoms with van der Waals surface area (Å²) in [4.78, 5) is 14.4.